The SMILES string of the molecule is CC(OC1CCCCO1)c1cc(Oc2c(Cl)cc(I)cc2Cl)nnc1Cl. The molecule has 0 spiro atoms. The van der Waals surface area contributed by atoms with E-state index in [-0.39, 0.29) is 23.4 Å². The number of hydrogen-bond donors (Lipinski definition) is 0. The third-order valence-electron chi connectivity index (χ3n) is 3.86. The van der Waals surface area contributed by atoms with E-state index in [0.717, 1.165) is 22.8 Å². The van der Waals surface area contributed by atoms with Crippen LogP contribution in [0, 0.1) is 3.57 Å². The number of rotatable bonds is 5. The molecule has 0 amide bonds. The Morgan fingerprint density at radius 1 is 1.15 bits per heavy atom. The first-order valence-electron chi connectivity index (χ1n) is 8.06. The van der Waals surface area contributed by atoms with E-state index in [1.807, 2.05) is 6.92 Å². The summed E-state index contributed by atoms with van der Waals surface area (Å²) in [7, 11) is 0. The summed E-state index contributed by atoms with van der Waals surface area (Å²) in [5, 5.41) is 8.93. The zero-order chi connectivity index (χ0) is 18.7. The van der Waals surface area contributed by atoms with Crippen LogP contribution in [0.25, 0.3) is 0 Å². The highest BCUT2D eigenvalue weighted by molar-refractivity contribution is 14.1. The molecule has 0 N–H and O–H groups in total. The van der Waals surface area contributed by atoms with Gasteiger partial charge in [0, 0.05) is 21.8 Å². The molecule has 2 unspecified atom stereocenters. The lowest BCUT2D eigenvalue weighted by molar-refractivity contribution is -0.186. The number of halogens is 4. The summed E-state index contributed by atoms with van der Waals surface area (Å²) in [6.07, 6.45) is 2.43. The molecule has 0 radical (unpaired) electrons. The molecule has 26 heavy (non-hydrogen) atoms. The fourth-order valence-electron chi connectivity index (χ4n) is 2.56. The van der Waals surface area contributed by atoms with Crippen LogP contribution in [0.2, 0.25) is 15.2 Å². The minimum atomic E-state index is -0.328. The number of hydrogen-bond acceptors (Lipinski definition) is 5. The van der Waals surface area contributed by atoms with Crippen LogP contribution in [0.5, 0.6) is 11.6 Å². The topological polar surface area (TPSA) is 53.5 Å². The molecule has 3 rings (SSSR count). The van der Waals surface area contributed by atoms with Crippen molar-refractivity contribution < 1.29 is 14.2 Å². The van der Waals surface area contributed by atoms with Gasteiger partial charge in [0.15, 0.2) is 17.2 Å². The molecule has 1 aliphatic heterocycles. The van der Waals surface area contributed by atoms with E-state index in [0.29, 0.717) is 28.0 Å². The van der Waals surface area contributed by atoms with Crippen molar-refractivity contribution in [3.05, 3.63) is 42.5 Å². The maximum Gasteiger partial charge on any atom is 0.239 e. The average molecular weight is 530 g/mol. The molecule has 0 aliphatic carbocycles. The second kappa shape index (κ2) is 9.21. The highest BCUT2D eigenvalue weighted by Gasteiger charge is 2.22. The number of ether oxygens (including phenoxy) is 3. The lowest BCUT2D eigenvalue weighted by Gasteiger charge is -2.26. The van der Waals surface area contributed by atoms with Crippen molar-refractivity contribution in [3.63, 3.8) is 0 Å². The normalized spacial score (nSPS) is 18.6. The molecule has 140 valence electrons. The van der Waals surface area contributed by atoms with Crippen molar-refractivity contribution in [2.45, 2.75) is 38.6 Å². The van der Waals surface area contributed by atoms with Gasteiger partial charge in [-0.3, -0.25) is 0 Å². The maximum absolute atomic E-state index is 6.22. The van der Waals surface area contributed by atoms with Crippen molar-refractivity contribution in [2.24, 2.45) is 0 Å². The van der Waals surface area contributed by atoms with E-state index >= 15 is 0 Å². The number of aromatic nitrogens is 2. The Labute approximate surface area is 180 Å². The van der Waals surface area contributed by atoms with Gasteiger partial charge in [-0.25, -0.2) is 0 Å². The molecule has 2 aromatic rings. The van der Waals surface area contributed by atoms with Gasteiger partial charge >= 0.3 is 0 Å². The van der Waals surface area contributed by atoms with Crippen molar-refractivity contribution in [1.82, 2.24) is 10.2 Å². The second-order valence-corrected chi connectivity index (χ2v) is 8.22. The fourth-order valence-corrected chi connectivity index (χ4v) is 4.36. The molecule has 2 heterocycles. The van der Waals surface area contributed by atoms with Crippen molar-refractivity contribution >= 4 is 57.4 Å². The summed E-state index contributed by atoms with van der Waals surface area (Å²) >= 11 is 20.8. The van der Waals surface area contributed by atoms with Gasteiger partial charge < -0.3 is 14.2 Å². The highest BCUT2D eigenvalue weighted by atomic mass is 127. The molecule has 9 heteroatoms. The summed E-state index contributed by atoms with van der Waals surface area (Å²) in [4.78, 5) is 0. The molecule has 2 atom stereocenters. The predicted octanol–water partition coefficient (Wildman–Crippen LogP) is 6.44. The van der Waals surface area contributed by atoms with Crippen LogP contribution in [0.1, 0.15) is 37.9 Å². The summed E-state index contributed by atoms with van der Waals surface area (Å²) in [6.45, 7) is 2.59. The van der Waals surface area contributed by atoms with Crippen molar-refractivity contribution in [2.75, 3.05) is 6.61 Å². The van der Waals surface area contributed by atoms with Gasteiger partial charge in [-0.1, -0.05) is 34.8 Å². The molecule has 0 saturated carbocycles. The fraction of sp³-hybridized carbons (Fsp3) is 0.412. The Balaban J connectivity index is 1.79. The molecule has 5 nitrogen and oxygen atoms in total. The van der Waals surface area contributed by atoms with Gasteiger partial charge in [-0.2, -0.15) is 0 Å². The highest BCUT2D eigenvalue weighted by Crippen LogP contribution is 2.38. The van der Waals surface area contributed by atoms with Crippen LogP contribution in [0.15, 0.2) is 18.2 Å². The van der Waals surface area contributed by atoms with Gasteiger partial charge in [-0.15, -0.1) is 10.2 Å². The van der Waals surface area contributed by atoms with E-state index in [9.17, 15) is 0 Å². The smallest absolute Gasteiger partial charge is 0.239 e. The molecule has 1 aromatic heterocycles. The van der Waals surface area contributed by atoms with E-state index < -0.39 is 0 Å². The second-order valence-electron chi connectivity index (χ2n) is 5.80. The molecule has 1 aromatic carbocycles. The van der Waals surface area contributed by atoms with Crippen LogP contribution in [-0.2, 0) is 9.47 Å². The van der Waals surface area contributed by atoms with Gasteiger partial charge in [0.25, 0.3) is 0 Å². The maximum atomic E-state index is 6.22. The van der Waals surface area contributed by atoms with E-state index in [2.05, 4.69) is 32.8 Å². The number of benzene rings is 1. The first kappa shape index (κ1) is 20.4. The predicted molar refractivity (Wildman–Crippen MR) is 109 cm³/mol. The minimum Gasteiger partial charge on any atom is -0.434 e. The Bertz CT molecular complexity index is 765. The molecule has 1 aliphatic rings. The Morgan fingerprint density at radius 2 is 1.88 bits per heavy atom. The largest absolute Gasteiger partial charge is 0.434 e. The zero-order valence-corrected chi connectivity index (χ0v) is 18.3. The van der Waals surface area contributed by atoms with Crippen LogP contribution in [0.4, 0.5) is 0 Å². The Kier molecular flexibility index (Phi) is 7.21. The number of nitrogens with zero attached hydrogens (tertiary/aromatic N) is 2. The molecule has 0 bridgehead atoms. The molecular formula is C17H16Cl3IN2O3. The van der Waals surface area contributed by atoms with Gasteiger partial charge in [0.05, 0.1) is 16.1 Å². The van der Waals surface area contributed by atoms with Crippen LogP contribution >= 0.6 is 57.4 Å². The quantitative estimate of drug-likeness (QED) is 0.418. The first-order valence-corrected chi connectivity index (χ1v) is 10.3. The van der Waals surface area contributed by atoms with Gasteiger partial charge in [-0.05, 0) is 60.9 Å². The first-order chi connectivity index (χ1) is 12.4. The third kappa shape index (κ3) is 5.11. The Morgan fingerprint density at radius 3 is 2.54 bits per heavy atom. The average Bonchev–Trinajstić information content (AvgIpc) is 2.60. The third-order valence-corrected chi connectivity index (χ3v) is 5.33. The van der Waals surface area contributed by atoms with Crippen LogP contribution in [0.3, 0.4) is 0 Å². The zero-order valence-electron chi connectivity index (χ0n) is 13.8. The van der Waals surface area contributed by atoms with Crippen LogP contribution < -0.4 is 4.74 Å². The van der Waals surface area contributed by atoms with E-state index in [4.69, 9.17) is 49.0 Å². The summed E-state index contributed by atoms with van der Waals surface area (Å²) in [6, 6.07) is 5.17. The standard InChI is InChI=1S/C17H16Cl3IN2O3/c1-9(25-15-4-2-3-5-24-15)11-8-14(22-23-17(11)20)26-16-12(18)6-10(21)7-13(16)19/h6-9,15H,2-5H2,1H3. The monoisotopic (exact) mass is 528 g/mol. The summed E-state index contributed by atoms with van der Waals surface area (Å²) < 4.78 is 18.2. The molecular weight excluding hydrogens is 513 g/mol. The lowest BCUT2D eigenvalue weighted by Crippen LogP contribution is -2.23. The van der Waals surface area contributed by atoms with E-state index in [1.54, 1.807) is 18.2 Å². The Hall–Kier alpha value is -0.380. The van der Waals surface area contributed by atoms with Gasteiger partial charge in [0.1, 0.15) is 0 Å². The lowest BCUT2D eigenvalue weighted by atomic mass is 10.2. The summed E-state index contributed by atoms with van der Waals surface area (Å²) in [5.41, 5.74) is 0.656. The molecule has 1 saturated heterocycles. The van der Waals surface area contributed by atoms with Crippen molar-refractivity contribution in [1.29, 1.82) is 0 Å². The minimum absolute atomic E-state index is 0.231. The summed E-state index contributed by atoms with van der Waals surface area (Å²) in [5.74, 6) is 0.551. The molecule has 1 fully saturated rings. The van der Waals surface area contributed by atoms with Crippen LogP contribution in [-0.4, -0.2) is 23.1 Å². The van der Waals surface area contributed by atoms with Gasteiger partial charge in [0.2, 0.25) is 5.88 Å². The van der Waals surface area contributed by atoms with E-state index in [1.165, 1.54) is 0 Å². The van der Waals surface area contributed by atoms with Crippen molar-refractivity contribution in [3.8, 4) is 11.6 Å².